The molecule has 0 aliphatic rings. The zero-order valence-electron chi connectivity index (χ0n) is 21.8. The average molecular weight is 558 g/mol. The molecule has 2 amide bonds. The molecule has 3 aromatic rings. The van der Waals surface area contributed by atoms with Crippen LogP contribution in [0.15, 0.2) is 77.7 Å². The number of hydrogen-bond acceptors (Lipinski definition) is 5. The van der Waals surface area contributed by atoms with E-state index in [9.17, 15) is 18.0 Å². The number of rotatable bonds is 11. The molecule has 0 heterocycles. The summed E-state index contributed by atoms with van der Waals surface area (Å²) in [7, 11) is -1.18. The lowest BCUT2D eigenvalue weighted by Crippen LogP contribution is -2.51. The number of benzene rings is 3. The summed E-state index contributed by atoms with van der Waals surface area (Å²) in [4.78, 5) is 28.1. The van der Waals surface area contributed by atoms with Crippen molar-refractivity contribution in [3.8, 4) is 5.75 Å². The number of anilines is 1. The van der Waals surface area contributed by atoms with Crippen LogP contribution in [-0.2, 0) is 26.2 Å². The van der Waals surface area contributed by atoms with Gasteiger partial charge in [-0.05, 0) is 73.0 Å². The predicted molar refractivity (Wildman–Crippen MR) is 149 cm³/mol. The summed E-state index contributed by atoms with van der Waals surface area (Å²) in [6.07, 6.45) is 0.351. The summed E-state index contributed by atoms with van der Waals surface area (Å²) >= 11 is 6.05. The van der Waals surface area contributed by atoms with Gasteiger partial charge in [0, 0.05) is 18.6 Å². The van der Waals surface area contributed by atoms with Gasteiger partial charge in [-0.2, -0.15) is 0 Å². The molecule has 0 fully saturated rings. The lowest BCUT2D eigenvalue weighted by atomic mass is 10.1. The molecule has 0 unspecified atom stereocenters. The number of sulfonamides is 1. The molecular weight excluding hydrogens is 526 g/mol. The minimum atomic E-state index is -4.17. The highest BCUT2D eigenvalue weighted by Crippen LogP contribution is 2.27. The molecule has 3 aromatic carbocycles. The first-order valence-corrected chi connectivity index (χ1v) is 13.9. The summed E-state index contributed by atoms with van der Waals surface area (Å²) in [5.41, 5.74) is 2.08. The third-order valence-electron chi connectivity index (χ3n) is 6.28. The quantitative estimate of drug-likeness (QED) is 0.377. The van der Waals surface area contributed by atoms with Crippen LogP contribution in [0.5, 0.6) is 5.75 Å². The van der Waals surface area contributed by atoms with Crippen LogP contribution in [0.4, 0.5) is 5.69 Å². The SMILES string of the molecule is CC[C@H](C(=O)NC)N(Cc1ccccc1C)C(=O)CN(c1ccc(Cl)cc1)S(=O)(=O)c1ccc(OC)cc1. The number of carbonyl (C=O) groups is 2. The van der Waals surface area contributed by atoms with Gasteiger partial charge in [-0.3, -0.25) is 13.9 Å². The van der Waals surface area contributed by atoms with Crippen LogP contribution in [-0.4, -0.2) is 51.9 Å². The molecule has 3 rings (SSSR count). The zero-order valence-corrected chi connectivity index (χ0v) is 23.4. The smallest absolute Gasteiger partial charge is 0.264 e. The molecule has 0 radical (unpaired) electrons. The van der Waals surface area contributed by atoms with E-state index in [1.54, 1.807) is 24.3 Å². The lowest BCUT2D eigenvalue weighted by molar-refractivity contribution is -0.140. The van der Waals surface area contributed by atoms with Crippen molar-refractivity contribution in [3.05, 3.63) is 88.9 Å². The topological polar surface area (TPSA) is 96.0 Å². The fourth-order valence-corrected chi connectivity index (χ4v) is 5.61. The maximum absolute atomic E-state index is 13.9. The molecule has 202 valence electrons. The first-order valence-electron chi connectivity index (χ1n) is 12.1. The first kappa shape index (κ1) is 29.0. The average Bonchev–Trinajstić information content (AvgIpc) is 2.92. The molecule has 0 aliphatic carbocycles. The second-order valence-electron chi connectivity index (χ2n) is 8.65. The third-order valence-corrected chi connectivity index (χ3v) is 8.32. The minimum Gasteiger partial charge on any atom is -0.497 e. The van der Waals surface area contributed by atoms with E-state index in [0.717, 1.165) is 15.4 Å². The Balaban J connectivity index is 2.06. The first-order chi connectivity index (χ1) is 18.1. The highest BCUT2D eigenvalue weighted by Gasteiger charge is 2.33. The Hall–Kier alpha value is -3.56. The molecular formula is C28H32ClN3O5S. The molecule has 0 saturated heterocycles. The normalized spacial score (nSPS) is 11.9. The van der Waals surface area contributed by atoms with Gasteiger partial charge >= 0.3 is 0 Å². The van der Waals surface area contributed by atoms with E-state index < -0.39 is 28.5 Å². The Bertz CT molecular complexity index is 1360. The van der Waals surface area contributed by atoms with Crippen molar-refractivity contribution < 1.29 is 22.7 Å². The van der Waals surface area contributed by atoms with Crippen LogP contribution in [0.2, 0.25) is 5.02 Å². The fraction of sp³-hybridized carbons (Fsp3) is 0.286. The van der Waals surface area contributed by atoms with Crippen molar-refractivity contribution in [2.24, 2.45) is 0 Å². The van der Waals surface area contributed by atoms with Crippen molar-refractivity contribution in [2.45, 2.75) is 37.8 Å². The van der Waals surface area contributed by atoms with Gasteiger partial charge in [0.15, 0.2) is 0 Å². The van der Waals surface area contributed by atoms with E-state index in [2.05, 4.69) is 5.32 Å². The monoisotopic (exact) mass is 557 g/mol. The van der Waals surface area contributed by atoms with Gasteiger partial charge in [0.05, 0.1) is 17.7 Å². The number of amides is 2. The Morgan fingerprint density at radius 3 is 2.18 bits per heavy atom. The van der Waals surface area contributed by atoms with Crippen molar-refractivity contribution >= 4 is 39.1 Å². The Morgan fingerprint density at radius 1 is 1.00 bits per heavy atom. The minimum absolute atomic E-state index is 0.00940. The maximum atomic E-state index is 13.9. The van der Waals surface area contributed by atoms with Gasteiger partial charge in [-0.1, -0.05) is 42.8 Å². The molecule has 0 bridgehead atoms. The van der Waals surface area contributed by atoms with Crippen molar-refractivity contribution in [1.82, 2.24) is 10.2 Å². The largest absolute Gasteiger partial charge is 0.497 e. The van der Waals surface area contributed by atoms with E-state index >= 15 is 0 Å². The number of nitrogens with zero attached hydrogens (tertiary/aromatic N) is 2. The van der Waals surface area contributed by atoms with Gasteiger partial charge in [0.1, 0.15) is 18.3 Å². The maximum Gasteiger partial charge on any atom is 0.264 e. The molecule has 8 nitrogen and oxygen atoms in total. The molecule has 0 spiro atoms. The summed E-state index contributed by atoms with van der Waals surface area (Å²) in [5, 5.41) is 3.04. The van der Waals surface area contributed by atoms with E-state index in [-0.39, 0.29) is 23.0 Å². The van der Waals surface area contributed by atoms with Gasteiger partial charge in [0.25, 0.3) is 10.0 Å². The molecule has 0 aromatic heterocycles. The number of hydrogen-bond donors (Lipinski definition) is 1. The standard InChI is InChI=1S/C28H32ClN3O5S/c1-5-26(28(34)30-3)31(18-21-9-7-6-8-20(21)2)27(33)19-32(23-12-10-22(29)11-13-23)38(35,36)25-16-14-24(37-4)15-17-25/h6-17,26H,5,18-19H2,1-4H3,(H,30,34)/t26-/m1/s1. The Labute approximate surface area is 229 Å². The van der Waals surface area contributed by atoms with Crippen molar-refractivity contribution in [2.75, 3.05) is 25.0 Å². The second kappa shape index (κ2) is 12.8. The Morgan fingerprint density at radius 2 is 1.63 bits per heavy atom. The van der Waals surface area contributed by atoms with E-state index in [1.165, 1.54) is 43.3 Å². The van der Waals surface area contributed by atoms with Crippen molar-refractivity contribution in [3.63, 3.8) is 0 Å². The van der Waals surface area contributed by atoms with Crippen LogP contribution in [0.3, 0.4) is 0 Å². The van der Waals surface area contributed by atoms with Gasteiger partial charge < -0.3 is 15.0 Å². The summed E-state index contributed by atoms with van der Waals surface area (Å²) in [5.74, 6) is -0.347. The van der Waals surface area contributed by atoms with Gasteiger partial charge in [-0.25, -0.2) is 8.42 Å². The second-order valence-corrected chi connectivity index (χ2v) is 10.9. The number of carbonyl (C=O) groups excluding carboxylic acids is 2. The molecule has 10 heteroatoms. The van der Waals surface area contributed by atoms with Gasteiger partial charge in [-0.15, -0.1) is 0 Å². The molecule has 0 saturated carbocycles. The number of methoxy groups -OCH3 is 1. The van der Waals surface area contributed by atoms with Crippen LogP contribution < -0.4 is 14.4 Å². The van der Waals surface area contributed by atoms with Crippen LogP contribution in [0.1, 0.15) is 24.5 Å². The number of halogens is 1. The number of aryl methyl sites for hydroxylation is 1. The Kier molecular flexibility index (Phi) is 9.77. The molecule has 1 N–H and O–H groups in total. The van der Waals surface area contributed by atoms with Crippen LogP contribution in [0.25, 0.3) is 0 Å². The highest BCUT2D eigenvalue weighted by atomic mass is 35.5. The molecule has 1 atom stereocenters. The van der Waals surface area contributed by atoms with E-state index in [4.69, 9.17) is 16.3 Å². The number of nitrogens with one attached hydrogen (secondary N) is 1. The van der Waals surface area contributed by atoms with Crippen molar-refractivity contribution in [1.29, 1.82) is 0 Å². The zero-order chi connectivity index (χ0) is 27.9. The highest BCUT2D eigenvalue weighted by molar-refractivity contribution is 7.92. The number of likely N-dealkylation sites (N-methyl/N-ethyl adjacent to an activating group) is 1. The summed E-state index contributed by atoms with van der Waals surface area (Å²) in [6, 6.07) is 18.9. The van der Waals surface area contributed by atoms with Gasteiger partial charge in [0.2, 0.25) is 11.8 Å². The molecule has 0 aliphatic heterocycles. The van der Waals surface area contributed by atoms with Crippen LogP contribution in [0, 0.1) is 6.92 Å². The fourth-order valence-electron chi connectivity index (χ4n) is 4.07. The predicted octanol–water partition coefficient (Wildman–Crippen LogP) is 4.41. The lowest BCUT2D eigenvalue weighted by Gasteiger charge is -2.33. The van der Waals surface area contributed by atoms with E-state index in [0.29, 0.717) is 17.2 Å². The molecule has 38 heavy (non-hydrogen) atoms. The summed E-state index contributed by atoms with van der Waals surface area (Å²) in [6.45, 7) is 3.36. The summed E-state index contributed by atoms with van der Waals surface area (Å²) < 4.78 is 33.8. The van der Waals surface area contributed by atoms with Crippen LogP contribution >= 0.6 is 11.6 Å². The number of ether oxygens (including phenoxy) is 1. The third kappa shape index (κ3) is 6.65. The van der Waals surface area contributed by atoms with E-state index in [1.807, 2.05) is 38.1 Å².